The summed E-state index contributed by atoms with van der Waals surface area (Å²) in [5.41, 5.74) is 10.5. The van der Waals surface area contributed by atoms with Gasteiger partial charge < -0.3 is 14.4 Å². The molecule has 0 fully saturated rings. The largest absolute Gasteiger partial charge is 0.350 e. The molecule has 3 nitrogen and oxygen atoms in total. The molecule has 0 aliphatic rings. The van der Waals surface area contributed by atoms with Crippen LogP contribution in [0.1, 0.15) is 11.1 Å². The van der Waals surface area contributed by atoms with Crippen LogP contribution in [0, 0.1) is 26.0 Å². The van der Waals surface area contributed by atoms with E-state index < -0.39 is 0 Å². The first-order chi connectivity index (χ1) is 22.7. The number of hydrogen-bond acceptors (Lipinski definition) is 3. The van der Waals surface area contributed by atoms with Gasteiger partial charge >= 0.3 is 0 Å². The van der Waals surface area contributed by atoms with Gasteiger partial charge in [-0.2, -0.15) is 0 Å². The zero-order valence-corrected chi connectivity index (χ0v) is 28.9. The second-order valence-corrected chi connectivity index (χ2v) is 12.8. The third kappa shape index (κ3) is 4.73. The van der Waals surface area contributed by atoms with E-state index in [1.807, 2.05) is 72.1 Å². The van der Waals surface area contributed by atoms with Crippen molar-refractivity contribution in [3.8, 4) is 22.5 Å². The molecule has 0 aliphatic carbocycles. The molecule has 5 heteroatoms. The van der Waals surface area contributed by atoms with Gasteiger partial charge in [0.05, 0.1) is 5.52 Å². The van der Waals surface area contributed by atoms with Crippen molar-refractivity contribution in [2.24, 2.45) is 0 Å². The van der Waals surface area contributed by atoms with E-state index in [9.17, 15) is 0 Å². The Bertz CT molecular complexity index is 2660. The number of hydrogen-bond donors (Lipinski definition) is 0. The number of nitrogens with zero attached hydrogens (tertiary/aromatic N) is 3. The minimum absolute atomic E-state index is 0. The summed E-state index contributed by atoms with van der Waals surface area (Å²) >= 11 is 1.88. The smallest absolute Gasteiger partial charge is 0.0522 e. The Labute approximate surface area is 289 Å². The van der Waals surface area contributed by atoms with E-state index in [0.717, 1.165) is 22.5 Å². The van der Waals surface area contributed by atoms with Gasteiger partial charge in [-0.1, -0.05) is 53.9 Å². The molecule has 0 aliphatic heterocycles. The van der Waals surface area contributed by atoms with Crippen LogP contribution in [0.5, 0.6) is 0 Å². The van der Waals surface area contributed by atoms with Crippen molar-refractivity contribution in [3.63, 3.8) is 0 Å². The SMILES string of the molecule is Cc1cc(C)c2c3cc4c(cc3n3c5c[c-]c(-c6ccccn6)cc5c1c23)sc1ccccc14.[Ir].[c-]1ccccc1-c1ccccn1. The molecule has 10 rings (SSSR count). The summed E-state index contributed by atoms with van der Waals surface area (Å²) in [4.78, 5) is 8.78. The molecular formula is C42H27IrN3S-2. The van der Waals surface area contributed by atoms with E-state index >= 15 is 0 Å². The van der Waals surface area contributed by atoms with E-state index in [0.29, 0.717) is 0 Å². The van der Waals surface area contributed by atoms with Crippen molar-refractivity contribution in [1.82, 2.24) is 14.4 Å². The normalized spacial score (nSPS) is 11.4. The van der Waals surface area contributed by atoms with Gasteiger partial charge in [-0.3, -0.25) is 0 Å². The summed E-state index contributed by atoms with van der Waals surface area (Å²) in [5, 5.41) is 8.02. The number of fused-ring (bicyclic) bond motifs is 9. The Hall–Kier alpha value is -4.93. The summed E-state index contributed by atoms with van der Waals surface area (Å²) in [5.74, 6) is 0. The monoisotopic (exact) mass is 798 g/mol. The van der Waals surface area contributed by atoms with Crippen LogP contribution in [0.25, 0.3) is 80.8 Å². The van der Waals surface area contributed by atoms with Crippen LogP contribution in [0.3, 0.4) is 0 Å². The van der Waals surface area contributed by atoms with Crippen molar-refractivity contribution in [1.29, 1.82) is 0 Å². The molecule has 10 aromatic rings. The van der Waals surface area contributed by atoms with E-state index in [-0.39, 0.29) is 20.1 Å². The Kier molecular flexibility index (Phi) is 7.34. The fourth-order valence-corrected chi connectivity index (χ4v) is 8.12. The molecule has 0 saturated heterocycles. The Morgan fingerprint density at radius 3 is 1.96 bits per heavy atom. The predicted octanol–water partition coefficient (Wildman–Crippen LogP) is 11.2. The van der Waals surface area contributed by atoms with Crippen LogP contribution < -0.4 is 0 Å². The predicted molar refractivity (Wildman–Crippen MR) is 194 cm³/mol. The quantitative estimate of drug-likeness (QED) is 0.163. The molecule has 0 unspecified atom stereocenters. The summed E-state index contributed by atoms with van der Waals surface area (Å²) in [6, 6.07) is 46.7. The molecule has 0 atom stereocenters. The fourth-order valence-electron chi connectivity index (χ4n) is 7.00. The maximum atomic E-state index is 4.56. The molecule has 5 heterocycles. The molecule has 0 amide bonds. The molecule has 0 saturated carbocycles. The van der Waals surface area contributed by atoms with Gasteiger partial charge in [-0.25, -0.2) is 0 Å². The number of aromatic nitrogens is 3. The van der Waals surface area contributed by atoms with Gasteiger partial charge in [-0.05, 0) is 77.6 Å². The van der Waals surface area contributed by atoms with Crippen LogP contribution >= 0.6 is 11.3 Å². The molecule has 5 aromatic heterocycles. The van der Waals surface area contributed by atoms with E-state index in [4.69, 9.17) is 0 Å². The second-order valence-electron chi connectivity index (χ2n) is 11.8. The summed E-state index contributed by atoms with van der Waals surface area (Å²) in [6.07, 6.45) is 3.63. The number of rotatable bonds is 2. The van der Waals surface area contributed by atoms with Crippen molar-refractivity contribution in [3.05, 3.63) is 151 Å². The van der Waals surface area contributed by atoms with E-state index in [2.05, 4.69) is 101 Å². The zero-order valence-electron chi connectivity index (χ0n) is 25.7. The molecule has 0 bridgehead atoms. The zero-order chi connectivity index (χ0) is 30.8. The molecule has 0 N–H and O–H groups in total. The molecule has 47 heavy (non-hydrogen) atoms. The van der Waals surface area contributed by atoms with Crippen molar-refractivity contribution in [2.75, 3.05) is 0 Å². The van der Waals surface area contributed by atoms with Crippen molar-refractivity contribution in [2.45, 2.75) is 13.8 Å². The second kappa shape index (κ2) is 11.7. The molecule has 227 valence electrons. The topological polar surface area (TPSA) is 30.2 Å². The van der Waals surface area contributed by atoms with Crippen molar-refractivity contribution < 1.29 is 20.1 Å². The molecule has 5 aromatic carbocycles. The first kappa shape index (κ1) is 29.5. The maximum absolute atomic E-state index is 4.56. The minimum atomic E-state index is 0. The van der Waals surface area contributed by atoms with Crippen LogP contribution in [0.4, 0.5) is 0 Å². The number of aryl methyl sites for hydroxylation is 2. The summed E-state index contributed by atoms with van der Waals surface area (Å²) < 4.78 is 5.15. The van der Waals surface area contributed by atoms with E-state index in [1.54, 1.807) is 6.20 Å². The average molecular weight is 798 g/mol. The van der Waals surface area contributed by atoms with Gasteiger partial charge in [0, 0.05) is 69.0 Å². The van der Waals surface area contributed by atoms with Crippen LogP contribution in [-0.4, -0.2) is 14.4 Å². The van der Waals surface area contributed by atoms with Crippen molar-refractivity contribution >= 4 is 69.6 Å². The maximum Gasteiger partial charge on any atom is 0.0522 e. The molecule has 0 spiro atoms. The Balaban J connectivity index is 0.000000212. The van der Waals surface area contributed by atoms with Gasteiger partial charge in [-0.15, -0.1) is 71.0 Å². The van der Waals surface area contributed by atoms with Crippen LogP contribution in [-0.2, 0) is 20.1 Å². The fraction of sp³-hybridized carbons (Fsp3) is 0.0476. The van der Waals surface area contributed by atoms with Gasteiger partial charge in [0.15, 0.2) is 0 Å². The van der Waals surface area contributed by atoms with Crippen LogP contribution in [0.15, 0.2) is 128 Å². The number of thiophene rings is 1. The van der Waals surface area contributed by atoms with Gasteiger partial charge in [0.25, 0.3) is 0 Å². The summed E-state index contributed by atoms with van der Waals surface area (Å²) in [6.45, 7) is 4.49. The third-order valence-electron chi connectivity index (χ3n) is 8.95. The third-order valence-corrected chi connectivity index (χ3v) is 10.1. The van der Waals surface area contributed by atoms with Gasteiger partial charge in [0.2, 0.25) is 0 Å². The standard InChI is InChI=1S/C31H19N2S.C11H8N.Ir/c1-17-13-18(2)30-23-15-21-20-7-3-4-9-27(20)34-28(21)16-26(23)33-25-11-10-19(24-8-5-6-12-32-24)14-22(25)29(17)31(30)33;1-2-6-10(7-3-1)11-8-4-5-9-12-11;/h3-9,11-16H,1-2H3;1-6,8-9H;/q2*-1;. The first-order valence-electron chi connectivity index (χ1n) is 15.4. The first-order valence-corrected chi connectivity index (χ1v) is 16.2. The molecule has 1 radical (unpaired) electrons. The summed E-state index contributed by atoms with van der Waals surface area (Å²) in [7, 11) is 0. The molecular weight excluding hydrogens is 771 g/mol. The number of benzene rings is 5. The Morgan fingerprint density at radius 1 is 0.574 bits per heavy atom. The average Bonchev–Trinajstić information content (AvgIpc) is 3.75. The minimum Gasteiger partial charge on any atom is -0.350 e. The van der Waals surface area contributed by atoms with Gasteiger partial charge in [0.1, 0.15) is 0 Å². The van der Waals surface area contributed by atoms with Crippen LogP contribution in [0.2, 0.25) is 0 Å². The Morgan fingerprint density at radius 2 is 1.26 bits per heavy atom. The van der Waals surface area contributed by atoms with E-state index in [1.165, 1.54) is 69.4 Å². The number of pyridine rings is 2.